The van der Waals surface area contributed by atoms with Crippen LogP contribution in [-0.4, -0.2) is 16.1 Å². The molecule has 0 radical (unpaired) electrons. The normalized spacial score (nSPS) is 10.7. The molecule has 0 aliphatic heterocycles. The first-order valence-corrected chi connectivity index (χ1v) is 8.25. The highest BCUT2D eigenvalue weighted by molar-refractivity contribution is 7.13. The molecular formula is C16H14ClN3O2S. The Morgan fingerprint density at radius 3 is 2.96 bits per heavy atom. The number of aromatic nitrogens is 2. The number of halogens is 1. The minimum atomic E-state index is -0.178. The Kier molecular flexibility index (Phi) is 4.73. The molecule has 1 aromatic carbocycles. The van der Waals surface area contributed by atoms with Gasteiger partial charge in [-0.25, -0.2) is 0 Å². The van der Waals surface area contributed by atoms with E-state index in [9.17, 15) is 4.79 Å². The van der Waals surface area contributed by atoms with Crippen molar-refractivity contribution in [2.24, 2.45) is 0 Å². The van der Waals surface area contributed by atoms with Crippen LogP contribution in [0.4, 0.5) is 0 Å². The Balaban J connectivity index is 1.58. The third-order valence-electron chi connectivity index (χ3n) is 3.21. The summed E-state index contributed by atoms with van der Waals surface area (Å²) >= 11 is 7.44. The fraction of sp³-hybridized carbons (Fsp3) is 0.188. The average molecular weight is 348 g/mol. The first kappa shape index (κ1) is 15.7. The second-order valence-electron chi connectivity index (χ2n) is 5.02. The van der Waals surface area contributed by atoms with Gasteiger partial charge < -0.3 is 9.73 Å². The Bertz CT molecular complexity index is 828. The van der Waals surface area contributed by atoms with E-state index in [4.69, 9.17) is 16.0 Å². The number of nitrogens with one attached hydrogen (secondary N) is 1. The maximum atomic E-state index is 12.0. The van der Waals surface area contributed by atoms with Gasteiger partial charge in [-0.1, -0.05) is 23.7 Å². The van der Waals surface area contributed by atoms with Crippen molar-refractivity contribution in [2.75, 3.05) is 0 Å². The summed E-state index contributed by atoms with van der Waals surface area (Å²) in [6, 6.07) is 9.33. The van der Waals surface area contributed by atoms with Crippen molar-refractivity contribution in [1.29, 1.82) is 0 Å². The van der Waals surface area contributed by atoms with Gasteiger partial charge in [0.1, 0.15) is 6.42 Å². The van der Waals surface area contributed by atoms with Crippen LogP contribution in [0.5, 0.6) is 0 Å². The number of carbonyl (C=O) groups is 1. The van der Waals surface area contributed by atoms with Crippen LogP contribution in [0, 0.1) is 6.92 Å². The topological polar surface area (TPSA) is 68.0 Å². The Morgan fingerprint density at radius 2 is 2.22 bits per heavy atom. The summed E-state index contributed by atoms with van der Waals surface area (Å²) in [4.78, 5) is 12.9. The van der Waals surface area contributed by atoms with Gasteiger partial charge in [-0.15, -0.1) is 21.5 Å². The lowest BCUT2D eigenvalue weighted by Crippen LogP contribution is -2.24. The van der Waals surface area contributed by atoms with Crippen LogP contribution >= 0.6 is 22.9 Å². The van der Waals surface area contributed by atoms with Gasteiger partial charge in [-0.3, -0.25) is 4.79 Å². The fourth-order valence-electron chi connectivity index (χ4n) is 2.06. The third-order valence-corrected chi connectivity index (χ3v) is 4.45. The number of nitrogens with zero attached hydrogens (tertiary/aromatic N) is 2. The van der Waals surface area contributed by atoms with E-state index >= 15 is 0 Å². The van der Waals surface area contributed by atoms with E-state index in [2.05, 4.69) is 15.5 Å². The lowest BCUT2D eigenvalue weighted by atomic mass is 10.2. The second kappa shape index (κ2) is 6.93. The molecule has 0 spiro atoms. The molecule has 1 N–H and O–H groups in total. The zero-order valence-electron chi connectivity index (χ0n) is 12.4. The molecule has 0 bridgehead atoms. The van der Waals surface area contributed by atoms with Gasteiger partial charge in [0, 0.05) is 11.6 Å². The molecule has 7 heteroatoms. The smallest absolute Gasteiger partial charge is 0.258 e. The molecule has 1 amide bonds. The van der Waals surface area contributed by atoms with Crippen molar-refractivity contribution in [3.8, 4) is 10.8 Å². The van der Waals surface area contributed by atoms with Crippen LogP contribution in [-0.2, 0) is 17.8 Å². The van der Waals surface area contributed by atoms with Crippen LogP contribution in [0.1, 0.15) is 17.0 Å². The molecule has 0 aliphatic rings. The van der Waals surface area contributed by atoms with Gasteiger partial charge in [0.15, 0.2) is 0 Å². The van der Waals surface area contributed by atoms with E-state index in [1.54, 1.807) is 6.07 Å². The number of amides is 1. The molecule has 0 aliphatic carbocycles. The van der Waals surface area contributed by atoms with Crippen molar-refractivity contribution in [1.82, 2.24) is 15.5 Å². The summed E-state index contributed by atoms with van der Waals surface area (Å²) < 4.78 is 5.56. The number of benzene rings is 1. The number of hydrogen-bond donors (Lipinski definition) is 1. The highest BCUT2D eigenvalue weighted by Crippen LogP contribution is 2.27. The van der Waals surface area contributed by atoms with Gasteiger partial charge in [0.25, 0.3) is 5.89 Å². The highest BCUT2D eigenvalue weighted by Gasteiger charge is 2.14. The molecule has 2 heterocycles. The highest BCUT2D eigenvalue weighted by atomic mass is 35.5. The van der Waals surface area contributed by atoms with Gasteiger partial charge >= 0.3 is 0 Å². The molecule has 0 atom stereocenters. The molecule has 0 saturated heterocycles. The zero-order chi connectivity index (χ0) is 16.2. The summed E-state index contributed by atoms with van der Waals surface area (Å²) in [5.74, 6) is 0.578. The van der Waals surface area contributed by atoms with Crippen molar-refractivity contribution < 1.29 is 9.21 Å². The molecule has 5 nitrogen and oxygen atoms in total. The third kappa shape index (κ3) is 3.97. The van der Waals surface area contributed by atoms with Gasteiger partial charge in [-0.2, -0.15) is 0 Å². The number of hydrogen-bond acceptors (Lipinski definition) is 5. The number of rotatable bonds is 5. The van der Waals surface area contributed by atoms with Crippen molar-refractivity contribution in [3.63, 3.8) is 0 Å². The zero-order valence-corrected chi connectivity index (χ0v) is 13.9. The first-order valence-electron chi connectivity index (χ1n) is 7.00. The molecule has 0 fully saturated rings. The lowest BCUT2D eigenvalue weighted by Gasteiger charge is -2.04. The quantitative estimate of drug-likeness (QED) is 0.765. The minimum absolute atomic E-state index is 0.0536. The SMILES string of the molecule is Cc1ccsc1-c1nnc(CC(=O)NCc2cccc(Cl)c2)o1. The largest absolute Gasteiger partial charge is 0.419 e. The van der Waals surface area contributed by atoms with Crippen LogP contribution in [0.25, 0.3) is 10.8 Å². The second-order valence-corrected chi connectivity index (χ2v) is 6.37. The number of thiophene rings is 1. The standard InChI is InChI=1S/C16H14ClN3O2S/c1-10-5-6-23-15(10)16-20-19-14(22-16)8-13(21)18-9-11-3-2-4-12(17)7-11/h2-7H,8-9H2,1H3,(H,18,21). The summed E-state index contributed by atoms with van der Waals surface area (Å²) in [6.07, 6.45) is 0.0536. The molecule has 2 aromatic heterocycles. The minimum Gasteiger partial charge on any atom is -0.419 e. The van der Waals surface area contributed by atoms with E-state index in [0.29, 0.717) is 23.3 Å². The van der Waals surface area contributed by atoms with E-state index < -0.39 is 0 Å². The Hall–Kier alpha value is -2.18. The average Bonchev–Trinajstić information content (AvgIpc) is 3.14. The van der Waals surface area contributed by atoms with Crippen molar-refractivity contribution in [2.45, 2.75) is 19.9 Å². The summed E-state index contributed by atoms with van der Waals surface area (Å²) in [7, 11) is 0. The number of aryl methyl sites for hydroxylation is 1. The van der Waals surface area contributed by atoms with Gasteiger partial charge in [0.05, 0.1) is 4.88 Å². The lowest BCUT2D eigenvalue weighted by molar-refractivity contribution is -0.120. The van der Waals surface area contributed by atoms with Gasteiger partial charge in [-0.05, 0) is 41.6 Å². The van der Waals surface area contributed by atoms with Gasteiger partial charge in [0.2, 0.25) is 11.8 Å². The maximum absolute atomic E-state index is 12.0. The first-order chi connectivity index (χ1) is 11.1. The fourth-order valence-corrected chi connectivity index (χ4v) is 3.11. The molecule has 3 rings (SSSR count). The molecule has 118 valence electrons. The van der Waals surface area contributed by atoms with Crippen LogP contribution in [0.3, 0.4) is 0 Å². The summed E-state index contributed by atoms with van der Waals surface area (Å²) in [5.41, 5.74) is 2.02. The summed E-state index contributed by atoms with van der Waals surface area (Å²) in [6.45, 7) is 2.39. The predicted molar refractivity (Wildman–Crippen MR) is 89.4 cm³/mol. The maximum Gasteiger partial charge on any atom is 0.258 e. The molecular weight excluding hydrogens is 334 g/mol. The number of carbonyl (C=O) groups excluding carboxylic acids is 1. The Labute approximate surface area is 142 Å². The van der Waals surface area contributed by atoms with Crippen molar-refractivity contribution >= 4 is 28.8 Å². The molecule has 0 unspecified atom stereocenters. The molecule has 23 heavy (non-hydrogen) atoms. The van der Waals surface area contributed by atoms with E-state index in [1.807, 2.05) is 36.6 Å². The molecule has 3 aromatic rings. The van der Waals surface area contributed by atoms with Crippen LogP contribution in [0.2, 0.25) is 5.02 Å². The van der Waals surface area contributed by atoms with Crippen molar-refractivity contribution in [3.05, 3.63) is 57.8 Å². The monoisotopic (exact) mass is 347 g/mol. The predicted octanol–water partition coefficient (Wildman–Crippen LogP) is 3.62. The summed E-state index contributed by atoms with van der Waals surface area (Å²) in [5, 5.41) is 13.3. The van der Waals surface area contributed by atoms with E-state index in [-0.39, 0.29) is 12.3 Å². The Morgan fingerprint density at radius 1 is 1.35 bits per heavy atom. The van der Waals surface area contributed by atoms with Crippen LogP contribution in [0.15, 0.2) is 40.1 Å². The van der Waals surface area contributed by atoms with Crippen LogP contribution < -0.4 is 5.32 Å². The van der Waals surface area contributed by atoms with E-state index in [1.165, 1.54) is 11.3 Å². The molecule has 0 saturated carbocycles. The van der Waals surface area contributed by atoms with E-state index in [0.717, 1.165) is 16.0 Å².